The number of carbonyl (C=O) groups is 2. The molecular weight excluding hydrogens is 204 g/mol. The molecule has 0 saturated heterocycles. The lowest BCUT2D eigenvalue weighted by molar-refractivity contribution is -0.132. The van der Waals surface area contributed by atoms with Crippen molar-refractivity contribution in [2.45, 2.75) is 13.3 Å². The molecule has 1 aromatic rings. The van der Waals surface area contributed by atoms with Gasteiger partial charge in [-0.25, -0.2) is 0 Å². The summed E-state index contributed by atoms with van der Waals surface area (Å²) < 4.78 is 0. The molecule has 1 heterocycles. The fourth-order valence-corrected chi connectivity index (χ4v) is 2.09. The minimum Gasteiger partial charge on any atom is -0.369 e. The Morgan fingerprint density at radius 1 is 1.50 bits per heavy atom. The molecule has 2 amide bonds. The third kappa shape index (κ3) is 1.56. The van der Waals surface area contributed by atoms with Crippen LogP contribution in [-0.4, -0.2) is 18.9 Å². The number of amides is 2. The van der Waals surface area contributed by atoms with Crippen LogP contribution < -0.4 is 10.6 Å². The molecule has 1 unspecified atom stereocenters. The van der Waals surface area contributed by atoms with Gasteiger partial charge >= 0.3 is 0 Å². The lowest BCUT2D eigenvalue weighted by atomic mass is 9.90. The molecule has 2 rings (SSSR count). The maximum absolute atomic E-state index is 11.8. The zero-order chi connectivity index (χ0) is 11.9. The number of fused-ring (bicyclic) bond motifs is 1. The molecule has 0 spiro atoms. The number of hydrogen-bond acceptors (Lipinski definition) is 2. The van der Waals surface area contributed by atoms with Crippen molar-refractivity contribution >= 4 is 17.5 Å². The Balaban J connectivity index is 2.48. The summed E-state index contributed by atoms with van der Waals surface area (Å²) in [6, 6.07) is 5.85. The van der Waals surface area contributed by atoms with Crippen LogP contribution in [0.3, 0.4) is 0 Å². The largest absolute Gasteiger partial charge is 0.369 e. The van der Waals surface area contributed by atoms with Gasteiger partial charge in [-0.1, -0.05) is 17.7 Å². The van der Waals surface area contributed by atoms with Crippen LogP contribution >= 0.6 is 0 Å². The van der Waals surface area contributed by atoms with Gasteiger partial charge in [-0.15, -0.1) is 0 Å². The standard InChI is InChI=1S/C12H14N2O2/c1-7-3-4-10-8(5-7)6-9(11(13)15)12(16)14(10)2/h3-5,9H,6H2,1-2H3,(H2,13,15). The Hall–Kier alpha value is -1.84. The van der Waals surface area contributed by atoms with Gasteiger partial charge in [-0.3, -0.25) is 9.59 Å². The third-order valence-electron chi connectivity index (χ3n) is 2.99. The summed E-state index contributed by atoms with van der Waals surface area (Å²) in [6.45, 7) is 1.98. The van der Waals surface area contributed by atoms with Crippen LogP contribution in [0.1, 0.15) is 11.1 Å². The molecular formula is C12H14N2O2. The van der Waals surface area contributed by atoms with Crippen molar-refractivity contribution in [3.63, 3.8) is 0 Å². The summed E-state index contributed by atoms with van der Waals surface area (Å²) >= 11 is 0. The van der Waals surface area contributed by atoms with Gasteiger partial charge in [0.2, 0.25) is 11.8 Å². The van der Waals surface area contributed by atoms with Crippen molar-refractivity contribution in [2.24, 2.45) is 11.7 Å². The van der Waals surface area contributed by atoms with Gasteiger partial charge in [0.05, 0.1) is 0 Å². The lowest BCUT2D eigenvalue weighted by Crippen LogP contribution is -2.44. The second-order valence-electron chi connectivity index (χ2n) is 4.19. The molecule has 0 bridgehead atoms. The van der Waals surface area contributed by atoms with Crippen LogP contribution in [0.2, 0.25) is 0 Å². The highest BCUT2D eigenvalue weighted by atomic mass is 16.2. The van der Waals surface area contributed by atoms with Crippen LogP contribution in [-0.2, 0) is 16.0 Å². The molecule has 1 aliphatic heterocycles. The van der Waals surface area contributed by atoms with Crippen LogP contribution in [0.25, 0.3) is 0 Å². The molecule has 2 N–H and O–H groups in total. The molecule has 0 fully saturated rings. The lowest BCUT2D eigenvalue weighted by Gasteiger charge is -2.30. The van der Waals surface area contributed by atoms with Crippen molar-refractivity contribution < 1.29 is 9.59 Å². The second-order valence-corrected chi connectivity index (χ2v) is 4.19. The third-order valence-corrected chi connectivity index (χ3v) is 2.99. The summed E-state index contributed by atoms with van der Waals surface area (Å²) in [5.74, 6) is -1.49. The second kappa shape index (κ2) is 3.63. The molecule has 4 heteroatoms. The molecule has 1 atom stereocenters. The number of nitrogens with zero attached hydrogens (tertiary/aromatic N) is 1. The van der Waals surface area contributed by atoms with E-state index in [9.17, 15) is 9.59 Å². The molecule has 0 radical (unpaired) electrons. The molecule has 0 aromatic heterocycles. The first-order valence-electron chi connectivity index (χ1n) is 5.17. The van der Waals surface area contributed by atoms with Crippen LogP contribution in [0, 0.1) is 12.8 Å². The number of carbonyl (C=O) groups excluding carboxylic acids is 2. The van der Waals surface area contributed by atoms with Crippen molar-refractivity contribution in [1.82, 2.24) is 0 Å². The summed E-state index contributed by atoms with van der Waals surface area (Å²) in [5.41, 5.74) is 8.22. The smallest absolute Gasteiger partial charge is 0.239 e. The van der Waals surface area contributed by atoms with E-state index in [1.807, 2.05) is 25.1 Å². The maximum atomic E-state index is 11.8. The summed E-state index contributed by atoms with van der Waals surface area (Å²) in [5, 5.41) is 0. The number of rotatable bonds is 1. The molecule has 84 valence electrons. The zero-order valence-electron chi connectivity index (χ0n) is 9.36. The highest BCUT2D eigenvalue weighted by Crippen LogP contribution is 2.30. The first-order valence-corrected chi connectivity index (χ1v) is 5.17. The van der Waals surface area contributed by atoms with Crippen molar-refractivity contribution in [3.05, 3.63) is 29.3 Å². The van der Waals surface area contributed by atoms with Gasteiger partial charge in [-0.2, -0.15) is 0 Å². The predicted molar refractivity (Wildman–Crippen MR) is 61.0 cm³/mol. The van der Waals surface area contributed by atoms with E-state index in [2.05, 4.69) is 0 Å². The van der Waals surface area contributed by atoms with Gasteiger partial charge in [-0.05, 0) is 25.0 Å². The number of primary amides is 1. The van der Waals surface area contributed by atoms with E-state index >= 15 is 0 Å². The zero-order valence-corrected chi connectivity index (χ0v) is 9.36. The Kier molecular flexibility index (Phi) is 2.42. The molecule has 16 heavy (non-hydrogen) atoms. The Morgan fingerprint density at radius 3 is 2.81 bits per heavy atom. The first-order chi connectivity index (χ1) is 7.50. The molecule has 0 aliphatic carbocycles. The van der Waals surface area contributed by atoms with Gasteiger partial charge in [0.15, 0.2) is 0 Å². The summed E-state index contributed by atoms with van der Waals surface area (Å²) in [6.07, 6.45) is 0.412. The van der Waals surface area contributed by atoms with Crippen molar-refractivity contribution in [1.29, 1.82) is 0 Å². The average Bonchev–Trinajstić information content (AvgIpc) is 2.22. The predicted octanol–water partition coefficient (Wildman–Crippen LogP) is 0.615. The normalized spacial score (nSPS) is 19.5. The molecule has 0 saturated carbocycles. The Morgan fingerprint density at radius 2 is 2.19 bits per heavy atom. The molecule has 1 aliphatic rings. The quantitative estimate of drug-likeness (QED) is 0.702. The van der Waals surface area contributed by atoms with E-state index < -0.39 is 11.8 Å². The number of nitrogens with two attached hydrogens (primary N) is 1. The van der Waals surface area contributed by atoms with Crippen LogP contribution in [0.4, 0.5) is 5.69 Å². The summed E-state index contributed by atoms with van der Waals surface area (Å²) in [4.78, 5) is 24.5. The van der Waals surface area contributed by atoms with Crippen molar-refractivity contribution in [3.8, 4) is 0 Å². The Bertz CT molecular complexity index is 468. The Labute approximate surface area is 94.0 Å². The fourth-order valence-electron chi connectivity index (χ4n) is 2.09. The monoisotopic (exact) mass is 218 g/mol. The molecule has 4 nitrogen and oxygen atoms in total. The van der Waals surface area contributed by atoms with Gasteiger partial charge in [0.25, 0.3) is 0 Å². The number of aryl methyl sites for hydroxylation is 1. The van der Waals surface area contributed by atoms with E-state index in [1.54, 1.807) is 7.05 Å². The van der Waals surface area contributed by atoms with E-state index in [-0.39, 0.29) is 5.91 Å². The minimum atomic E-state index is -0.723. The average molecular weight is 218 g/mol. The SMILES string of the molecule is Cc1ccc2c(c1)CC(C(N)=O)C(=O)N2C. The molecule has 1 aromatic carbocycles. The van der Waals surface area contributed by atoms with E-state index in [0.717, 1.165) is 16.8 Å². The van der Waals surface area contributed by atoms with Gasteiger partial charge in [0.1, 0.15) is 5.92 Å². The van der Waals surface area contributed by atoms with Crippen molar-refractivity contribution in [2.75, 3.05) is 11.9 Å². The number of benzene rings is 1. The number of anilines is 1. The highest BCUT2D eigenvalue weighted by molar-refractivity contribution is 6.09. The van der Waals surface area contributed by atoms with E-state index in [0.29, 0.717) is 6.42 Å². The first kappa shape index (κ1) is 10.7. The van der Waals surface area contributed by atoms with E-state index in [4.69, 9.17) is 5.73 Å². The van der Waals surface area contributed by atoms with Gasteiger partial charge < -0.3 is 10.6 Å². The van der Waals surface area contributed by atoms with Gasteiger partial charge in [0, 0.05) is 12.7 Å². The highest BCUT2D eigenvalue weighted by Gasteiger charge is 2.34. The topological polar surface area (TPSA) is 63.4 Å². The van der Waals surface area contributed by atoms with E-state index in [1.165, 1.54) is 4.90 Å². The van der Waals surface area contributed by atoms with Crippen LogP contribution in [0.15, 0.2) is 18.2 Å². The number of hydrogen-bond donors (Lipinski definition) is 1. The maximum Gasteiger partial charge on any atom is 0.239 e. The fraction of sp³-hybridized carbons (Fsp3) is 0.333. The minimum absolute atomic E-state index is 0.219. The summed E-state index contributed by atoms with van der Waals surface area (Å²) in [7, 11) is 1.67. The van der Waals surface area contributed by atoms with Crippen LogP contribution in [0.5, 0.6) is 0 Å².